The highest BCUT2D eigenvalue weighted by Gasteiger charge is 2.37. The fourth-order valence-corrected chi connectivity index (χ4v) is 3.34. The van der Waals surface area contributed by atoms with Gasteiger partial charge in [-0.2, -0.15) is 0 Å². The summed E-state index contributed by atoms with van der Waals surface area (Å²) in [7, 11) is 2.29. The second-order valence-corrected chi connectivity index (χ2v) is 5.46. The number of piperidine rings is 1. The first-order chi connectivity index (χ1) is 8.33. The van der Waals surface area contributed by atoms with Gasteiger partial charge >= 0.3 is 0 Å². The second-order valence-electron chi connectivity index (χ2n) is 5.46. The Morgan fingerprint density at radius 2 is 1.88 bits per heavy atom. The van der Waals surface area contributed by atoms with Gasteiger partial charge in [0.05, 0.1) is 0 Å². The standard InChI is InChI=1S/C14H21N3/c1-17-13-2-3-14(17)9-12(8-13)16-10-11-4-6-15-7-5-11/h4-7,12-14,16H,2-3,8-10H2,1H3/t12?,13-,14+. The summed E-state index contributed by atoms with van der Waals surface area (Å²) in [4.78, 5) is 6.64. The fraction of sp³-hybridized carbons (Fsp3) is 0.643. The second kappa shape index (κ2) is 4.75. The molecule has 0 spiro atoms. The van der Waals surface area contributed by atoms with E-state index in [9.17, 15) is 0 Å². The van der Waals surface area contributed by atoms with Crippen molar-refractivity contribution in [3.05, 3.63) is 30.1 Å². The summed E-state index contributed by atoms with van der Waals surface area (Å²) in [5.74, 6) is 0. The summed E-state index contributed by atoms with van der Waals surface area (Å²) in [6.45, 7) is 0.982. The van der Waals surface area contributed by atoms with Crippen molar-refractivity contribution in [2.75, 3.05) is 7.05 Å². The molecule has 17 heavy (non-hydrogen) atoms. The fourth-order valence-electron chi connectivity index (χ4n) is 3.34. The van der Waals surface area contributed by atoms with E-state index in [0.717, 1.165) is 18.6 Å². The van der Waals surface area contributed by atoms with Gasteiger partial charge in [0.15, 0.2) is 0 Å². The lowest BCUT2D eigenvalue weighted by atomic mass is 9.98. The van der Waals surface area contributed by atoms with E-state index in [1.807, 2.05) is 12.4 Å². The molecule has 3 nitrogen and oxygen atoms in total. The van der Waals surface area contributed by atoms with Crippen molar-refractivity contribution in [3.8, 4) is 0 Å². The minimum atomic E-state index is 0.705. The third kappa shape index (κ3) is 2.35. The van der Waals surface area contributed by atoms with Crippen LogP contribution in [0.3, 0.4) is 0 Å². The summed E-state index contributed by atoms with van der Waals surface area (Å²) in [6.07, 6.45) is 9.17. The Labute approximate surface area is 103 Å². The Bertz CT molecular complexity index is 351. The number of fused-ring (bicyclic) bond motifs is 2. The van der Waals surface area contributed by atoms with Crippen molar-refractivity contribution in [2.24, 2.45) is 0 Å². The summed E-state index contributed by atoms with van der Waals surface area (Å²) in [6, 6.07) is 6.54. The van der Waals surface area contributed by atoms with E-state index >= 15 is 0 Å². The minimum Gasteiger partial charge on any atom is -0.310 e. The molecule has 92 valence electrons. The van der Waals surface area contributed by atoms with Crippen LogP contribution in [-0.2, 0) is 6.54 Å². The number of rotatable bonds is 3. The predicted octanol–water partition coefficient (Wildman–Crippen LogP) is 1.80. The average Bonchev–Trinajstić information content (AvgIpc) is 2.61. The third-order valence-electron chi connectivity index (χ3n) is 4.44. The summed E-state index contributed by atoms with van der Waals surface area (Å²) in [5.41, 5.74) is 1.34. The zero-order valence-corrected chi connectivity index (χ0v) is 10.5. The molecule has 3 heterocycles. The maximum Gasteiger partial charge on any atom is 0.0271 e. The number of hydrogen-bond donors (Lipinski definition) is 1. The van der Waals surface area contributed by atoms with Gasteiger partial charge < -0.3 is 10.2 Å². The van der Waals surface area contributed by atoms with Gasteiger partial charge in [-0.1, -0.05) is 0 Å². The smallest absolute Gasteiger partial charge is 0.0271 e. The third-order valence-corrected chi connectivity index (χ3v) is 4.44. The van der Waals surface area contributed by atoms with E-state index < -0.39 is 0 Å². The Morgan fingerprint density at radius 1 is 1.24 bits per heavy atom. The molecule has 0 radical (unpaired) electrons. The lowest BCUT2D eigenvalue weighted by molar-refractivity contribution is 0.148. The molecule has 3 atom stereocenters. The molecule has 2 aliphatic heterocycles. The quantitative estimate of drug-likeness (QED) is 0.859. The van der Waals surface area contributed by atoms with Gasteiger partial charge in [0.25, 0.3) is 0 Å². The van der Waals surface area contributed by atoms with Crippen LogP contribution < -0.4 is 5.32 Å². The molecule has 1 N–H and O–H groups in total. The molecule has 2 bridgehead atoms. The van der Waals surface area contributed by atoms with Gasteiger partial charge in [0.1, 0.15) is 0 Å². The van der Waals surface area contributed by atoms with E-state index in [2.05, 4.69) is 34.4 Å². The normalized spacial score (nSPS) is 32.9. The van der Waals surface area contributed by atoms with Crippen molar-refractivity contribution in [1.29, 1.82) is 0 Å². The summed E-state index contributed by atoms with van der Waals surface area (Å²) < 4.78 is 0. The van der Waals surface area contributed by atoms with Crippen LogP contribution >= 0.6 is 0 Å². The van der Waals surface area contributed by atoms with Crippen LogP contribution in [0.5, 0.6) is 0 Å². The zero-order chi connectivity index (χ0) is 11.7. The van der Waals surface area contributed by atoms with E-state index in [-0.39, 0.29) is 0 Å². The Balaban J connectivity index is 1.54. The minimum absolute atomic E-state index is 0.705. The van der Waals surface area contributed by atoms with E-state index in [1.54, 1.807) is 0 Å². The largest absolute Gasteiger partial charge is 0.310 e. The first kappa shape index (κ1) is 11.2. The van der Waals surface area contributed by atoms with Gasteiger partial charge in [0.2, 0.25) is 0 Å². The maximum atomic E-state index is 4.05. The van der Waals surface area contributed by atoms with Gasteiger partial charge in [-0.3, -0.25) is 4.98 Å². The molecule has 1 aromatic rings. The van der Waals surface area contributed by atoms with Crippen LogP contribution in [0.25, 0.3) is 0 Å². The summed E-state index contributed by atoms with van der Waals surface area (Å²) in [5, 5.41) is 3.70. The van der Waals surface area contributed by atoms with Crippen LogP contribution in [0.1, 0.15) is 31.2 Å². The topological polar surface area (TPSA) is 28.2 Å². The lowest BCUT2D eigenvalue weighted by Crippen LogP contribution is -2.46. The number of nitrogens with zero attached hydrogens (tertiary/aromatic N) is 2. The Kier molecular flexibility index (Phi) is 3.12. The van der Waals surface area contributed by atoms with Gasteiger partial charge in [-0.15, -0.1) is 0 Å². The zero-order valence-electron chi connectivity index (χ0n) is 10.5. The van der Waals surface area contributed by atoms with Crippen molar-refractivity contribution in [2.45, 2.75) is 50.4 Å². The predicted molar refractivity (Wildman–Crippen MR) is 68.7 cm³/mol. The molecule has 0 amide bonds. The highest BCUT2D eigenvalue weighted by molar-refractivity contribution is 5.09. The van der Waals surface area contributed by atoms with Crippen LogP contribution in [-0.4, -0.2) is 35.1 Å². The van der Waals surface area contributed by atoms with Crippen LogP contribution in [0, 0.1) is 0 Å². The molecule has 3 rings (SSSR count). The van der Waals surface area contributed by atoms with Crippen molar-refractivity contribution in [3.63, 3.8) is 0 Å². The van der Waals surface area contributed by atoms with Crippen LogP contribution in [0.15, 0.2) is 24.5 Å². The van der Waals surface area contributed by atoms with E-state index in [0.29, 0.717) is 6.04 Å². The monoisotopic (exact) mass is 231 g/mol. The highest BCUT2D eigenvalue weighted by Crippen LogP contribution is 2.34. The number of pyridine rings is 1. The molecule has 0 saturated carbocycles. The molecule has 0 aliphatic carbocycles. The number of nitrogens with one attached hydrogen (secondary N) is 1. The summed E-state index contributed by atoms with van der Waals surface area (Å²) >= 11 is 0. The molecule has 2 aliphatic rings. The first-order valence-corrected chi connectivity index (χ1v) is 6.67. The number of aromatic nitrogens is 1. The Hall–Kier alpha value is -0.930. The first-order valence-electron chi connectivity index (χ1n) is 6.67. The van der Waals surface area contributed by atoms with E-state index in [4.69, 9.17) is 0 Å². The molecule has 3 heteroatoms. The van der Waals surface area contributed by atoms with Crippen molar-refractivity contribution >= 4 is 0 Å². The molecule has 0 aromatic carbocycles. The maximum absolute atomic E-state index is 4.05. The van der Waals surface area contributed by atoms with Crippen LogP contribution in [0.4, 0.5) is 0 Å². The molecule has 1 aromatic heterocycles. The number of hydrogen-bond acceptors (Lipinski definition) is 3. The van der Waals surface area contributed by atoms with Crippen LogP contribution in [0.2, 0.25) is 0 Å². The van der Waals surface area contributed by atoms with E-state index in [1.165, 1.54) is 31.2 Å². The highest BCUT2D eigenvalue weighted by atomic mass is 15.2. The van der Waals surface area contributed by atoms with Gasteiger partial charge in [-0.25, -0.2) is 0 Å². The van der Waals surface area contributed by atoms with Gasteiger partial charge in [-0.05, 0) is 50.4 Å². The van der Waals surface area contributed by atoms with Crippen molar-refractivity contribution in [1.82, 2.24) is 15.2 Å². The van der Waals surface area contributed by atoms with Gasteiger partial charge in [0, 0.05) is 37.1 Å². The molecular weight excluding hydrogens is 210 g/mol. The molecule has 2 saturated heterocycles. The average molecular weight is 231 g/mol. The SMILES string of the molecule is CN1[C@@H]2CC[C@H]1CC(NCc1ccncc1)C2. The Morgan fingerprint density at radius 3 is 2.53 bits per heavy atom. The lowest BCUT2D eigenvalue weighted by Gasteiger charge is -2.36. The molecular formula is C14H21N3. The molecule has 1 unspecified atom stereocenters. The molecule has 2 fully saturated rings. The van der Waals surface area contributed by atoms with Crippen molar-refractivity contribution < 1.29 is 0 Å².